The Morgan fingerprint density at radius 2 is 2.12 bits per heavy atom. The Morgan fingerprint density at radius 1 is 1.50 bits per heavy atom. The predicted molar refractivity (Wildman–Crippen MR) is 70.2 cm³/mol. The number of aryl methyl sites for hydroxylation is 2. The molecule has 1 heterocycles. The van der Waals surface area contributed by atoms with Gasteiger partial charge in [0.15, 0.2) is 0 Å². The molecule has 0 aromatic carbocycles. The van der Waals surface area contributed by atoms with Crippen LogP contribution in [0, 0.1) is 12.8 Å². The van der Waals surface area contributed by atoms with E-state index in [-0.39, 0.29) is 5.91 Å². The lowest BCUT2D eigenvalue weighted by Crippen LogP contribution is -2.29. The van der Waals surface area contributed by atoms with E-state index in [4.69, 9.17) is 0 Å². The van der Waals surface area contributed by atoms with Crippen molar-refractivity contribution in [2.45, 2.75) is 34.1 Å². The standard InChI is InChI=1S/C13H21NOS/c1-6-11-7-12(16-10(11)4)13(15)14(5)8-9(2)3/h7,9H,6,8H2,1-5H3. The van der Waals surface area contributed by atoms with Gasteiger partial charge in [0.1, 0.15) is 0 Å². The number of hydrogen-bond acceptors (Lipinski definition) is 2. The number of amides is 1. The molecule has 0 aliphatic carbocycles. The topological polar surface area (TPSA) is 20.3 Å². The molecule has 0 saturated heterocycles. The fourth-order valence-electron chi connectivity index (χ4n) is 1.79. The first-order chi connectivity index (χ1) is 7.45. The minimum atomic E-state index is 0.154. The van der Waals surface area contributed by atoms with E-state index >= 15 is 0 Å². The summed E-state index contributed by atoms with van der Waals surface area (Å²) in [6.07, 6.45) is 1.00. The first-order valence-corrected chi connectivity index (χ1v) is 6.62. The van der Waals surface area contributed by atoms with Crippen molar-refractivity contribution >= 4 is 17.2 Å². The van der Waals surface area contributed by atoms with Crippen LogP contribution in [0.15, 0.2) is 6.07 Å². The second kappa shape index (κ2) is 5.48. The molecule has 0 atom stereocenters. The highest BCUT2D eigenvalue weighted by Gasteiger charge is 2.16. The third-order valence-electron chi connectivity index (χ3n) is 2.60. The highest BCUT2D eigenvalue weighted by Crippen LogP contribution is 2.23. The van der Waals surface area contributed by atoms with Gasteiger partial charge in [0.2, 0.25) is 0 Å². The molecule has 0 bridgehead atoms. The first kappa shape index (κ1) is 13.2. The van der Waals surface area contributed by atoms with Crippen molar-refractivity contribution in [3.63, 3.8) is 0 Å². The molecule has 1 aromatic rings. The molecule has 0 fully saturated rings. The van der Waals surface area contributed by atoms with Crippen molar-refractivity contribution in [2.24, 2.45) is 5.92 Å². The maximum atomic E-state index is 12.1. The first-order valence-electron chi connectivity index (χ1n) is 5.80. The molecule has 2 nitrogen and oxygen atoms in total. The Labute approximate surface area is 102 Å². The van der Waals surface area contributed by atoms with Gasteiger partial charge in [-0.05, 0) is 30.9 Å². The van der Waals surface area contributed by atoms with Gasteiger partial charge in [-0.25, -0.2) is 0 Å². The van der Waals surface area contributed by atoms with Crippen molar-refractivity contribution < 1.29 is 4.79 Å². The van der Waals surface area contributed by atoms with E-state index < -0.39 is 0 Å². The van der Waals surface area contributed by atoms with Crippen molar-refractivity contribution in [1.82, 2.24) is 4.90 Å². The molecule has 16 heavy (non-hydrogen) atoms. The van der Waals surface area contributed by atoms with Crippen LogP contribution >= 0.6 is 11.3 Å². The van der Waals surface area contributed by atoms with Crippen molar-refractivity contribution in [1.29, 1.82) is 0 Å². The van der Waals surface area contributed by atoms with Gasteiger partial charge in [-0.2, -0.15) is 0 Å². The van der Waals surface area contributed by atoms with Crippen LogP contribution in [0.4, 0.5) is 0 Å². The average Bonchev–Trinajstić information content (AvgIpc) is 2.57. The average molecular weight is 239 g/mol. The lowest BCUT2D eigenvalue weighted by Gasteiger charge is -2.18. The van der Waals surface area contributed by atoms with Gasteiger partial charge in [-0.1, -0.05) is 20.8 Å². The molecular formula is C13H21NOS. The Bertz CT molecular complexity index is 368. The number of thiophene rings is 1. The second-order valence-corrected chi connectivity index (χ2v) is 5.88. The molecule has 0 aliphatic rings. The van der Waals surface area contributed by atoms with E-state index in [2.05, 4.69) is 27.7 Å². The predicted octanol–water partition coefficient (Wildman–Crippen LogP) is 3.35. The summed E-state index contributed by atoms with van der Waals surface area (Å²) in [4.78, 5) is 16.1. The zero-order chi connectivity index (χ0) is 12.3. The molecule has 0 aliphatic heterocycles. The monoisotopic (exact) mass is 239 g/mol. The SMILES string of the molecule is CCc1cc(C(=O)N(C)CC(C)C)sc1C. The molecular weight excluding hydrogens is 218 g/mol. The van der Waals surface area contributed by atoms with E-state index in [9.17, 15) is 4.79 Å². The van der Waals surface area contributed by atoms with E-state index in [0.717, 1.165) is 17.8 Å². The molecule has 0 spiro atoms. The van der Waals surface area contributed by atoms with E-state index in [0.29, 0.717) is 5.92 Å². The summed E-state index contributed by atoms with van der Waals surface area (Å²) in [6.45, 7) is 9.28. The lowest BCUT2D eigenvalue weighted by atomic mass is 10.2. The number of carbonyl (C=O) groups is 1. The zero-order valence-electron chi connectivity index (χ0n) is 10.8. The van der Waals surface area contributed by atoms with E-state index in [1.165, 1.54) is 10.4 Å². The number of hydrogen-bond donors (Lipinski definition) is 0. The Hall–Kier alpha value is -0.830. The molecule has 0 saturated carbocycles. The van der Waals surface area contributed by atoms with Crippen LogP contribution in [-0.2, 0) is 6.42 Å². The van der Waals surface area contributed by atoms with Crippen LogP contribution in [-0.4, -0.2) is 24.4 Å². The van der Waals surface area contributed by atoms with Gasteiger partial charge in [0.05, 0.1) is 4.88 Å². The van der Waals surface area contributed by atoms with Crippen LogP contribution in [0.3, 0.4) is 0 Å². The van der Waals surface area contributed by atoms with Crippen molar-refractivity contribution in [3.8, 4) is 0 Å². The molecule has 1 aromatic heterocycles. The van der Waals surface area contributed by atoms with Crippen LogP contribution in [0.1, 0.15) is 40.9 Å². The fourth-order valence-corrected chi connectivity index (χ4v) is 2.90. The molecule has 1 amide bonds. The quantitative estimate of drug-likeness (QED) is 0.789. The third-order valence-corrected chi connectivity index (χ3v) is 3.68. The van der Waals surface area contributed by atoms with Gasteiger partial charge in [-0.3, -0.25) is 4.79 Å². The van der Waals surface area contributed by atoms with Gasteiger partial charge in [0, 0.05) is 18.5 Å². The van der Waals surface area contributed by atoms with Gasteiger partial charge < -0.3 is 4.90 Å². The Kier molecular flexibility index (Phi) is 4.54. The fraction of sp³-hybridized carbons (Fsp3) is 0.615. The molecule has 0 unspecified atom stereocenters. The summed E-state index contributed by atoms with van der Waals surface area (Å²) >= 11 is 1.61. The number of rotatable bonds is 4. The normalized spacial score (nSPS) is 10.9. The lowest BCUT2D eigenvalue weighted by molar-refractivity contribution is 0.0784. The van der Waals surface area contributed by atoms with Gasteiger partial charge in [0.25, 0.3) is 5.91 Å². The van der Waals surface area contributed by atoms with Crippen molar-refractivity contribution in [3.05, 3.63) is 21.4 Å². The third kappa shape index (κ3) is 3.08. The summed E-state index contributed by atoms with van der Waals surface area (Å²) in [5.74, 6) is 0.669. The van der Waals surface area contributed by atoms with Gasteiger partial charge in [-0.15, -0.1) is 11.3 Å². The summed E-state index contributed by atoms with van der Waals surface area (Å²) in [6, 6.07) is 2.04. The van der Waals surface area contributed by atoms with Crippen LogP contribution in [0.25, 0.3) is 0 Å². The van der Waals surface area contributed by atoms with Crippen LogP contribution < -0.4 is 0 Å². The Morgan fingerprint density at radius 3 is 2.56 bits per heavy atom. The van der Waals surface area contributed by atoms with E-state index in [1.54, 1.807) is 11.3 Å². The summed E-state index contributed by atoms with van der Waals surface area (Å²) in [7, 11) is 1.88. The smallest absolute Gasteiger partial charge is 0.263 e. The second-order valence-electron chi connectivity index (χ2n) is 4.63. The minimum absolute atomic E-state index is 0.154. The largest absolute Gasteiger partial charge is 0.341 e. The zero-order valence-corrected chi connectivity index (χ0v) is 11.6. The summed E-state index contributed by atoms with van der Waals surface area (Å²) in [5.41, 5.74) is 1.30. The van der Waals surface area contributed by atoms with Crippen LogP contribution in [0.2, 0.25) is 0 Å². The number of carbonyl (C=O) groups excluding carboxylic acids is 1. The van der Waals surface area contributed by atoms with Crippen molar-refractivity contribution in [2.75, 3.05) is 13.6 Å². The highest BCUT2D eigenvalue weighted by molar-refractivity contribution is 7.14. The molecule has 90 valence electrons. The summed E-state index contributed by atoms with van der Waals surface area (Å²) in [5, 5.41) is 0. The number of nitrogens with zero attached hydrogens (tertiary/aromatic N) is 1. The van der Waals surface area contributed by atoms with Crippen LogP contribution in [0.5, 0.6) is 0 Å². The molecule has 0 N–H and O–H groups in total. The molecule has 0 radical (unpaired) electrons. The van der Waals surface area contributed by atoms with E-state index in [1.807, 2.05) is 18.0 Å². The molecule has 1 rings (SSSR count). The highest BCUT2D eigenvalue weighted by atomic mass is 32.1. The Balaban J connectivity index is 2.79. The summed E-state index contributed by atoms with van der Waals surface area (Å²) < 4.78 is 0. The molecule has 3 heteroatoms. The van der Waals surface area contributed by atoms with Gasteiger partial charge >= 0.3 is 0 Å². The minimum Gasteiger partial charge on any atom is -0.341 e. The maximum absolute atomic E-state index is 12.1. The maximum Gasteiger partial charge on any atom is 0.263 e.